The normalized spacial score (nSPS) is 21.9. The molecule has 0 radical (unpaired) electrons. The molecule has 2 fully saturated rings. The van der Waals surface area contributed by atoms with Crippen molar-refractivity contribution in [2.24, 2.45) is 4.99 Å². The zero-order valence-corrected chi connectivity index (χ0v) is 19.7. The van der Waals surface area contributed by atoms with Gasteiger partial charge < -0.3 is 4.74 Å². The number of benzene rings is 2. The number of piperidine rings is 1. The van der Waals surface area contributed by atoms with Gasteiger partial charge in [0.05, 0.1) is 16.8 Å². The molecule has 3 aliphatic heterocycles. The number of carbonyl (C=O) groups excluding carboxylic acids is 4. The van der Waals surface area contributed by atoms with E-state index in [1.165, 1.54) is 0 Å². The molecule has 3 aliphatic rings. The predicted molar refractivity (Wildman–Crippen MR) is 135 cm³/mol. The molecular formula is C27H28N4O5. The number of hydrogen-bond donors (Lipinski definition) is 1. The molecule has 2 aromatic carbocycles. The Morgan fingerprint density at radius 3 is 2.64 bits per heavy atom. The molecule has 2 aromatic rings. The quantitative estimate of drug-likeness (QED) is 0.474. The monoisotopic (exact) mass is 488 g/mol. The molecule has 3 heterocycles. The number of nitrogens with zero attached hydrogens (tertiary/aromatic N) is 3. The molecule has 1 unspecified atom stereocenters. The van der Waals surface area contributed by atoms with Crippen molar-refractivity contribution >= 4 is 42.1 Å². The number of likely N-dealkylation sites (tertiary alicyclic amines) is 1. The third-order valence-electron chi connectivity index (χ3n) is 6.83. The predicted octanol–water partition coefficient (Wildman–Crippen LogP) is 2.96. The van der Waals surface area contributed by atoms with E-state index in [9.17, 15) is 19.2 Å². The van der Waals surface area contributed by atoms with Crippen molar-refractivity contribution < 1.29 is 25.3 Å². The maximum atomic E-state index is 13.0. The summed E-state index contributed by atoms with van der Waals surface area (Å²) in [7, 11) is 0. The van der Waals surface area contributed by atoms with Gasteiger partial charge >= 0.3 is 0 Å². The lowest BCUT2D eigenvalue weighted by Gasteiger charge is -2.27. The van der Waals surface area contributed by atoms with Crippen LogP contribution in [0.5, 0.6) is 5.75 Å². The topological polar surface area (TPSA) is 108 Å². The van der Waals surface area contributed by atoms with Crippen LogP contribution in [-0.4, -0.2) is 65.4 Å². The fourth-order valence-corrected chi connectivity index (χ4v) is 5.02. The van der Waals surface area contributed by atoms with Crippen molar-refractivity contribution in [3.05, 3.63) is 65.2 Å². The molecule has 0 aliphatic carbocycles. The van der Waals surface area contributed by atoms with Crippen molar-refractivity contribution in [3.8, 4) is 5.75 Å². The van der Waals surface area contributed by atoms with E-state index in [-0.39, 0.29) is 31.5 Å². The van der Waals surface area contributed by atoms with Gasteiger partial charge in [-0.15, -0.1) is 0 Å². The number of amides is 4. The van der Waals surface area contributed by atoms with Crippen LogP contribution >= 0.6 is 0 Å². The van der Waals surface area contributed by atoms with Gasteiger partial charge in [0.15, 0.2) is 0 Å². The lowest BCUT2D eigenvalue weighted by atomic mass is 10.0. The Morgan fingerprint density at radius 1 is 1.08 bits per heavy atom. The van der Waals surface area contributed by atoms with Crippen molar-refractivity contribution in [1.82, 2.24) is 15.1 Å². The number of rotatable bonds is 7. The number of ether oxygens (including phenoxy) is 1. The molecule has 1 N–H and O–H groups in total. The van der Waals surface area contributed by atoms with Crippen LogP contribution in [0.1, 0.15) is 52.5 Å². The van der Waals surface area contributed by atoms with E-state index in [0.29, 0.717) is 5.75 Å². The fraction of sp³-hybridized carbons (Fsp3) is 0.296. The van der Waals surface area contributed by atoms with Gasteiger partial charge in [0.1, 0.15) is 17.9 Å². The lowest BCUT2D eigenvalue weighted by Crippen LogP contribution is -2.54. The SMILES string of the molecule is C=Cc1cc(CN2CC[C@@H](Oc3ccc4c(c3)C(=O)N(C3CCC(=O)NC3=O)C4=O)C2)ccc1N=C.[HH]. The third kappa shape index (κ3) is 4.33. The van der Waals surface area contributed by atoms with Gasteiger partial charge in [-0.1, -0.05) is 18.7 Å². The first-order valence-corrected chi connectivity index (χ1v) is 11.8. The number of nitrogens with one attached hydrogen (secondary N) is 1. The summed E-state index contributed by atoms with van der Waals surface area (Å²) in [5, 5.41) is 2.20. The van der Waals surface area contributed by atoms with Crippen molar-refractivity contribution in [3.63, 3.8) is 0 Å². The lowest BCUT2D eigenvalue weighted by molar-refractivity contribution is -0.136. The zero-order valence-electron chi connectivity index (χ0n) is 19.7. The second kappa shape index (κ2) is 9.50. The number of fused-ring (bicyclic) bond motifs is 1. The van der Waals surface area contributed by atoms with Crippen LogP contribution in [-0.2, 0) is 16.1 Å². The Kier molecular flexibility index (Phi) is 6.24. The molecule has 36 heavy (non-hydrogen) atoms. The average molecular weight is 489 g/mol. The molecular weight excluding hydrogens is 460 g/mol. The number of carbonyl (C=O) groups is 4. The van der Waals surface area contributed by atoms with E-state index < -0.39 is 29.7 Å². The van der Waals surface area contributed by atoms with Gasteiger partial charge in [0.2, 0.25) is 11.8 Å². The summed E-state index contributed by atoms with van der Waals surface area (Å²) in [5.41, 5.74) is 3.34. The van der Waals surface area contributed by atoms with E-state index in [1.54, 1.807) is 24.3 Å². The van der Waals surface area contributed by atoms with Gasteiger partial charge in [-0.25, -0.2) is 0 Å². The maximum absolute atomic E-state index is 13.0. The molecule has 2 atom stereocenters. The Hall–Kier alpha value is -4.11. The van der Waals surface area contributed by atoms with E-state index in [2.05, 4.69) is 34.6 Å². The first-order chi connectivity index (χ1) is 17.4. The van der Waals surface area contributed by atoms with Crippen LogP contribution in [0.3, 0.4) is 0 Å². The van der Waals surface area contributed by atoms with Crippen LogP contribution in [0, 0.1) is 0 Å². The standard InChI is InChI=1S/C27H26N4O5.H2/c1-3-17-12-16(4-7-22(17)28-2)14-30-11-10-19(15-30)36-18-5-6-20-21(13-18)27(35)31(26(20)34)23-8-9-24(32)29-25(23)33;/h3-7,12-13,19,23H,1-2,8-11,14-15H2,(H,29,32,33);1H/t19-,23?;/m1./s1. The highest BCUT2D eigenvalue weighted by atomic mass is 16.5. The molecule has 0 spiro atoms. The summed E-state index contributed by atoms with van der Waals surface area (Å²) < 4.78 is 6.16. The van der Waals surface area contributed by atoms with Gasteiger partial charge in [-0.05, 0) is 61.0 Å². The summed E-state index contributed by atoms with van der Waals surface area (Å²) in [5.74, 6) is -1.60. The molecule has 0 saturated carbocycles. The van der Waals surface area contributed by atoms with Gasteiger partial charge in [-0.3, -0.25) is 39.3 Å². The second-order valence-electron chi connectivity index (χ2n) is 9.17. The fourth-order valence-electron chi connectivity index (χ4n) is 5.02. The van der Waals surface area contributed by atoms with Crippen molar-refractivity contribution in [1.29, 1.82) is 0 Å². The van der Waals surface area contributed by atoms with E-state index in [0.717, 1.165) is 47.8 Å². The molecule has 5 rings (SSSR count). The first-order valence-electron chi connectivity index (χ1n) is 11.8. The number of imide groups is 2. The molecule has 0 bridgehead atoms. The molecule has 0 aromatic heterocycles. The van der Waals surface area contributed by atoms with E-state index >= 15 is 0 Å². The molecule has 186 valence electrons. The maximum Gasteiger partial charge on any atom is 0.262 e. The zero-order chi connectivity index (χ0) is 25.4. The summed E-state index contributed by atoms with van der Waals surface area (Å²) in [6.07, 6.45) is 2.74. The minimum absolute atomic E-state index is 0. The van der Waals surface area contributed by atoms with Crippen LogP contribution < -0.4 is 10.1 Å². The summed E-state index contributed by atoms with van der Waals surface area (Å²) in [6, 6.07) is 9.85. The first kappa shape index (κ1) is 23.6. The smallest absolute Gasteiger partial charge is 0.262 e. The summed E-state index contributed by atoms with van der Waals surface area (Å²) in [4.78, 5) is 56.9. The summed E-state index contributed by atoms with van der Waals surface area (Å²) >= 11 is 0. The van der Waals surface area contributed by atoms with Gasteiger partial charge in [0.25, 0.3) is 11.8 Å². The second-order valence-corrected chi connectivity index (χ2v) is 9.17. The van der Waals surface area contributed by atoms with Crippen molar-refractivity contribution in [2.75, 3.05) is 13.1 Å². The Morgan fingerprint density at radius 2 is 1.89 bits per heavy atom. The largest absolute Gasteiger partial charge is 0.489 e. The molecule has 9 heteroatoms. The van der Waals surface area contributed by atoms with E-state index in [4.69, 9.17) is 4.74 Å². The minimum atomic E-state index is -0.985. The average Bonchev–Trinajstić information content (AvgIpc) is 3.40. The Labute approximate surface area is 209 Å². The van der Waals surface area contributed by atoms with Crippen LogP contribution in [0.2, 0.25) is 0 Å². The third-order valence-corrected chi connectivity index (χ3v) is 6.83. The summed E-state index contributed by atoms with van der Waals surface area (Å²) in [6.45, 7) is 9.77. The van der Waals surface area contributed by atoms with Gasteiger partial charge in [0, 0.05) is 27.5 Å². The highest BCUT2D eigenvalue weighted by molar-refractivity contribution is 6.23. The van der Waals surface area contributed by atoms with Crippen molar-refractivity contribution in [2.45, 2.75) is 38.0 Å². The number of hydrogen-bond acceptors (Lipinski definition) is 7. The highest BCUT2D eigenvalue weighted by Gasteiger charge is 2.44. The van der Waals surface area contributed by atoms with Crippen LogP contribution in [0.4, 0.5) is 5.69 Å². The van der Waals surface area contributed by atoms with E-state index in [1.807, 2.05) is 12.1 Å². The molecule has 2 saturated heterocycles. The molecule has 4 amide bonds. The van der Waals surface area contributed by atoms with Crippen LogP contribution in [0.15, 0.2) is 48.0 Å². The van der Waals surface area contributed by atoms with Crippen LogP contribution in [0.25, 0.3) is 6.08 Å². The minimum Gasteiger partial charge on any atom is -0.489 e. The van der Waals surface area contributed by atoms with Gasteiger partial charge in [-0.2, -0.15) is 0 Å². The molecule has 9 nitrogen and oxygen atoms in total. The Bertz CT molecular complexity index is 1310. The highest BCUT2D eigenvalue weighted by Crippen LogP contribution is 2.31. The Balaban J connectivity index is 0.00000320. The number of aliphatic imine (C=N–C) groups is 1.